The number of sulfone groups is 1. The second-order valence-electron chi connectivity index (χ2n) is 8.21. The topological polar surface area (TPSA) is 83.7 Å². The van der Waals surface area contributed by atoms with Crippen LogP contribution in [0.4, 0.5) is 11.4 Å². The smallest absolute Gasteiger partial charge is 0.237 e. The van der Waals surface area contributed by atoms with Crippen LogP contribution in [-0.4, -0.2) is 57.4 Å². The highest BCUT2D eigenvalue weighted by Gasteiger charge is 2.26. The molecule has 2 fully saturated rings. The van der Waals surface area contributed by atoms with Crippen molar-refractivity contribution in [2.24, 2.45) is 5.92 Å². The van der Waals surface area contributed by atoms with Crippen LogP contribution < -0.4 is 10.6 Å². The first-order chi connectivity index (χ1) is 12.7. The van der Waals surface area contributed by atoms with Crippen molar-refractivity contribution >= 4 is 27.1 Å². The average molecular weight is 394 g/mol. The van der Waals surface area contributed by atoms with E-state index < -0.39 is 15.6 Å². The number of hydrogen-bond donors (Lipinski definition) is 1. The SMILES string of the molecule is CC1CCN(c2cc(C3CCN(C(=O)CS(C)(=O)=O)CC3)ccc2N)CC1. The molecule has 0 aromatic heterocycles. The summed E-state index contributed by atoms with van der Waals surface area (Å²) in [5, 5.41) is 0. The van der Waals surface area contributed by atoms with Gasteiger partial charge in [0, 0.05) is 32.4 Å². The predicted octanol–water partition coefficient (Wildman–Crippen LogP) is 2.26. The van der Waals surface area contributed by atoms with Crippen molar-refractivity contribution in [1.29, 1.82) is 0 Å². The third-order valence-electron chi connectivity index (χ3n) is 5.88. The van der Waals surface area contributed by atoms with Gasteiger partial charge in [-0.1, -0.05) is 13.0 Å². The molecular weight excluding hydrogens is 362 g/mol. The van der Waals surface area contributed by atoms with Gasteiger partial charge in [0.05, 0.1) is 11.4 Å². The summed E-state index contributed by atoms with van der Waals surface area (Å²) in [4.78, 5) is 16.2. The fourth-order valence-corrected chi connectivity index (χ4v) is 4.75. The summed E-state index contributed by atoms with van der Waals surface area (Å²) in [5.41, 5.74) is 9.49. The van der Waals surface area contributed by atoms with E-state index in [0.717, 1.165) is 49.5 Å². The van der Waals surface area contributed by atoms with Gasteiger partial charge < -0.3 is 15.5 Å². The van der Waals surface area contributed by atoms with Gasteiger partial charge in [0.25, 0.3) is 0 Å². The number of nitrogen functional groups attached to an aromatic ring is 1. The molecular formula is C20H31N3O3S. The molecule has 150 valence electrons. The molecule has 0 unspecified atom stereocenters. The number of nitrogens with two attached hydrogens (primary N) is 1. The number of anilines is 2. The molecule has 2 aliphatic rings. The van der Waals surface area contributed by atoms with E-state index in [2.05, 4.69) is 24.0 Å². The molecule has 2 heterocycles. The predicted molar refractivity (Wildman–Crippen MR) is 110 cm³/mol. The highest BCUT2D eigenvalue weighted by Crippen LogP contribution is 2.34. The zero-order valence-corrected chi connectivity index (χ0v) is 17.2. The summed E-state index contributed by atoms with van der Waals surface area (Å²) in [5.74, 6) is 0.489. The molecule has 27 heavy (non-hydrogen) atoms. The molecule has 2 saturated heterocycles. The van der Waals surface area contributed by atoms with Crippen molar-refractivity contribution in [2.75, 3.05) is 48.8 Å². The van der Waals surface area contributed by atoms with Crippen LogP contribution in [0.15, 0.2) is 18.2 Å². The summed E-state index contributed by atoms with van der Waals surface area (Å²) >= 11 is 0. The number of amides is 1. The van der Waals surface area contributed by atoms with Crippen LogP contribution in [0.25, 0.3) is 0 Å². The molecule has 2 N–H and O–H groups in total. The standard InChI is InChI=1S/C20H31N3O3S/c1-15-5-9-22(10-6-15)19-13-17(3-4-18(19)21)16-7-11-23(12-8-16)20(24)14-27(2,25)26/h3-4,13,15-16H,5-12,14,21H2,1-2H3. The molecule has 1 amide bonds. The molecule has 3 rings (SSSR count). The second-order valence-corrected chi connectivity index (χ2v) is 10.4. The lowest BCUT2D eigenvalue weighted by Gasteiger charge is -2.35. The quantitative estimate of drug-likeness (QED) is 0.793. The van der Waals surface area contributed by atoms with Crippen molar-refractivity contribution in [3.05, 3.63) is 23.8 Å². The molecule has 0 saturated carbocycles. The first kappa shape index (κ1) is 20.0. The van der Waals surface area contributed by atoms with Crippen LogP contribution in [0.2, 0.25) is 0 Å². The molecule has 0 radical (unpaired) electrons. The lowest BCUT2D eigenvalue weighted by atomic mass is 9.88. The van der Waals surface area contributed by atoms with Gasteiger partial charge in [0.1, 0.15) is 5.75 Å². The number of rotatable bonds is 4. The van der Waals surface area contributed by atoms with Crippen LogP contribution in [-0.2, 0) is 14.6 Å². The van der Waals surface area contributed by atoms with E-state index in [1.807, 2.05) is 6.07 Å². The summed E-state index contributed by atoms with van der Waals surface area (Å²) < 4.78 is 22.7. The molecule has 0 bridgehead atoms. The number of hydrogen-bond acceptors (Lipinski definition) is 5. The highest BCUT2D eigenvalue weighted by molar-refractivity contribution is 7.91. The van der Waals surface area contributed by atoms with E-state index in [0.29, 0.717) is 19.0 Å². The molecule has 1 aromatic carbocycles. The van der Waals surface area contributed by atoms with Gasteiger partial charge in [-0.25, -0.2) is 8.42 Å². The van der Waals surface area contributed by atoms with Crippen LogP contribution in [0.3, 0.4) is 0 Å². The Morgan fingerprint density at radius 3 is 2.33 bits per heavy atom. The molecule has 0 atom stereocenters. The highest BCUT2D eigenvalue weighted by atomic mass is 32.2. The number of likely N-dealkylation sites (tertiary alicyclic amines) is 1. The van der Waals surface area contributed by atoms with Gasteiger partial charge in [-0.2, -0.15) is 0 Å². The minimum absolute atomic E-state index is 0.281. The average Bonchev–Trinajstić information content (AvgIpc) is 2.62. The zero-order chi connectivity index (χ0) is 19.6. The normalized spacial score (nSPS) is 20.1. The Kier molecular flexibility index (Phi) is 5.99. The van der Waals surface area contributed by atoms with Crippen LogP contribution in [0.1, 0.15) is 44.1 Å². The molecule has 1 aromatic rings. The van der Waals surface area contributed by atoms with E-state index in [9.17, 15) is 13.2 Å². The monoisotopic (exact) mass is 393 g/mol. The van der Waals surface area contributed by atoms with Gasteiger partial charge in [-0.3, -0.25) is 4.79 Å². The van der Waals surface area contributed by atoms with E-state index in [1.54, 1.807) is 4.90 Å². The minimum Gasteiger partial charge on any atom is -0.397 e. The fraction of sp³-hybridized carbons (Fsp3) is 0.650. The number of carbonyl (C=O) groups is 1. The third-order valence-corrected chi connectivity index (χ3v) is 6.65. The molecule has 7 heteroatoms. The van der Waals surface area contributed by atoms with E-state index in [-0.39, 0.29) is 5.91 Å². The van der Waals surface area contributed by atoms with Crippen molar-refractivity contribution < 1.29 is 13.2 Å². The maximum absolute atomic E-state index is 12.1. The summed E-state index contributed by atoms with van der Waals surface area (Å²) in [6, 6.07) is 6.33. The van der Waals surface area contributed by atoms with Gasteiger partial charge in [0.2, 0.25) is 5.91 Å². The number of nitrogens with zero attached hydrogens (tertiary/aromatic N) is 2. The van der Waals surface area contributed by atoms with E-state index >= 15 is 0 Å². The third kappa shape index (κ3) is 5.15. The minimum atomic E-state index is -3.28. The second kappa shape index (κ2) is 8.09. The van der Waals surface area contributed by atoms with Gasteiger partial charge in [-0.05, 0) is 55.2 Å². The Morgan fingerprint density at radius 2 is 1.74 bits per heavy atom. The maximum Gasteiger partial charge on any atom is 0.237 e. The zero-order valence-electron chi connectivity index (χ0n) is 16.4. The van der Waals surface area contributed by atoms with Gasteiger partial charge in [-0.15, -0.1) is 0 Å². The summed E-state index contributed by atoms with van der Waals surface area (Å²) in [6.07, 6.45) is 5.22. The first-order valence-electron chi connectivity index (χ1n) is 9.83. The van der Waals surface area contributed by atoms with Crippen molar-refractivity contribution in [1.82, 2.24) is 4.90 Å². The molecule has 0 aliphatic carbocycles. The van der Waals surface area contributed by atoms with Gasteiger partial charge in [0.15, 0.2) is 9.84 Å². The summed E-state index contributed by atoms with van der Waals surface area (Å²) in [6.45, 7) is 5.62. The van der Waals surface area contributed by atoms with Crippen LogP contribution in [0, 0.1) is 5.92 Å². The first-order valence-corrected chi connectivity index (χ1v) is 11.9. The van der Waals surface area contributed by atoms with E-state index in [4.69, 9.17) is 5.73 Å². The molecule has 6 nitrogen and oxygen atoms in total. The van der Waals surface area contributed by atoms with E-state index in [1.165, 1.54) is 18.4 Å². The van der Waals surface area contributed by atoms with Crippen LogP contribution >= 0.6 is 0 Å². The number of piperidine rings is 2. The Bertz CT molecular complexity index is 778. The number of carbonyl (C=O) groups excluding carboxylic acids is 1. The van der Waals surface area contributed by atoms with Crippen LogP contribution in [0.5, 0.6) is 0 Å². The Morgan fingerprint density at radius 1 is 1.11 bits per heavy atom. The maximum atomic E-state index is 12.1. The van der Waals surface area contributed by atoms with Crippen molar-refractivity contribution in [2.45, 2.75) is 38.5 Å². The molecule has 0 spiro atoms. The fourth-order valence-electron chi connectivity index (χ4n) is 4.12. The lowest BCUT2D eigenvalue weighted by Crippen LogP contribution is -2.40. The van der Waals surface area contributed by atoms with Gasteiger partial charge >= 0.3 is 0 Å². The van der Waals surface area contributed by atoms with Crippen molar-refractivity contribution in [3.63, 3.8) is 0 Å². The molecule has 2 aliphatic heterocycles. The largest absolute Gasteiger partial charge is 0.397 e. The van der Waals surface area contributed by atoms with Crippen molar-refractivity contribution in [3.8, 4) is 0 Å². The summed E-state index contributed by atoms with van der Waals surface area (Å²) in [7, 11) is -3.28. The Labute approximate surface area is 162 Å². The Hall–Kier alpha value is -1.76. The lowest BCUT2D eigenvalue weighted by molar-refractivity contribution is -0.129. The Balaban J connectivity index is 1.64. The number of benzene rings is 1.